The molecule has 0 aromatic rings. The van der Waals surface area contributed by atoms with E-state index in [1.54, 1.807) is 0 Å². The predicted octanol–water partition coefficient (Wildman–Crippen LogP) is 3.90. The Balaban J connectivity index is 2.43. The lowest BCUT2D eigenvalue weighted by Crippen LogP contribution is -2.45. The van der Waals surface area contributed by atoms with Crippen LogP contribution >= 0.6 is 0 Å². The number of rotatable bonds is 7. The van der Waals surface area contributed by atoms with Gasteiger partial charge in [0.05, 0.1) is 18.6 Å². The summed E-state index contributed by atoms with van der Waals surface area (Å²) in [5.74, 6) is 0.723. The quantitative estimate of drug-likeness (QED) is 0.764. The van der Waals surface area contributed by atoms with Gasteiger partial charge in [-0.05, 0) is 38.6 Å². The highest BCUT2D eigenvalue weighted by Gasteiger charge is 2.36. The van der Waals surface area contributed by atoms with Crippen molar-refractivity contribution in [3.05, 3.63) is 0 Å². The number of halogens is 3. The summed E-state index contributed by atoms with van der Waals surface area (Å²) >= 11 is 0. The summed E-state index contributed by atoms with van der Waals surface area (Å²) in [4.78, 5) is 0. The largest absolute Gasteiger partial charge is 0.391 e. The van der Waals surface area contributed by atoms with Crippen LogP contribution in [0.25, 0.3) is 0 Å². The maximum atomic E-state index is 12.2. The molecule has 0 aromatic carbocycles. The molecule has 114 valence electrons. The van der Waals surface area contributed by atoms with Gasteiger partial charge in [0.2, 0.25) is 0 Å². The Morgan fingerprint density at radius 1 is 1.26 bits per heavy atom. The molecule has 0 aliphatic heterocycles. The molecule has 0 aromatic heterocycles. The molecule has 0 radical (unpaired) electrons. The average Bonchev–Trinajstić information content (AvgIpc) is 2.31. The topological polar surface area (TPSA) is 21.3 Å². The molecule has 2 nitrogen and oxygen atoms in total. The third-order valence-electron chi connectivity index (χ3n) is 4.01. The molecule has 1 aliphatic rings. The van der Waals surface area contributed by atoms with Crippen molar-refractivity contribution in [3.8, 4) is 0 Å². The zero-order valence-electron chi connectivity index (χ0n) is 12.0. The van der Waals surface area contributed by atoms with Gasteiger partial charge < -0.3 is 10.1 Å². The predicted molar refractivity (Wildman–Crippen MR) is 70.1 cm³/mol. The third kappa shape index (κ3) is 6.13. The van der Waals surface area contributed by atoms with Crippen LogP contribution in [0.5, 0.6) is 0 Å². The van der Waals surface area contributed by atoms with Gasteiger partial charge in [-0.2, -0.15) is 13.2 Å². The second-order valence-electron chi connectivity index (χ2n) is 5.66. The summed E-state index contributed by atoms with van der Waals surface area (Å²) in [6, 6.07) is 0. The highest BCUT2D eigenvalue weighted by molar-refractivity contribution is 4.89. The molecule has 19 heavy (non-hydrogen) atoms. The van der Waals surface area contributed by atoms with E-state index in [9.17, 15) is 13.2 Å². The van der Waals surface area contributed by atoms with E-state index in [4.69, 9.17) is 4.74 Å². The monoisotopic (exact) mass is 281 g/mol. The third-order valence-corrected chi connectivity index (χ3v) is 4.01. The molecule has 0 heterocycles. The summed E-state index contributed by atoms with van der Waals surface area (Å²) in [6.45, 7) is 2.60. The van der Waals surface area contributed by atoms with Crippen LogP contribution in [0.3, 0.4) is 0 Å². The second-order valence-corrected chi connectivity index (χ2v) is 5.66. The molecule has 0 bridgehead atoms. The first-order valence-corrected chi connectivity index (χ1v) is 7.26. The van der Waals surface area contributed by atoms with Crippen molar-refractivity contribution < 1.29 is 17.9 Å². The number of ether oxygens (including phenoxy) is 1. The van der Waals surface area contributed by atoms with Gasteiger partial charge in [-0.1, -0.05) is 19.8 Å². The number of likely N-dealkylation sites (N-methyl/N-ethyl adjacent to an activating group) is 1. The summed E-state index contributed by atoms with van der Waals surface area (Å²) in [5, 5.41) is 3.07. The van der Waals surface area contributed by atoms with Crippen molar-refractivity contribution in [3.63, 3.8) is 0 Å². The van der Waals surface area contributed by atoms with Crippen LogP contribution in [0, 0.1) is 5.92 Å². The maximum absolute atomic E-state index is 12.2. The standard InChI is InChI=1S/C14H26F3NO/c1-3-4-12-5-7-13(8-6-12,11-18-2)19-10-9-14(15,16)17/h12,18H,3-11H2,1-2H3. The summed E-state index contributed by atoms with van der Waals surface area (Å²) in [6.07, 6.45) is 1.31. The Kier molecular flexibility index (Phi) is 6.60. The molecule has 0 amide bonds. The first-order valence-electron chi connectivity index (χ1n) is 7.26. The van der Waals surface area contributed by atoms with Crippen LogP contribution in [-0.4, -0.2) is 32.0 Å². The number of hydrogen-bond donors (Lipinski definition) is 1. The van der Waals surface area contributed by atoms with E-state index < -0.39 is 12.6 Å². The first kappa shape index (κ1) is 16.8. The van der Waals surface area contributed by atoms with E-state index in [0.29, 0.717) is 6.54 Å². The van der Waals surface area contributed by atoms with Crippen LogP contribution in [0.1, 0.15) is 51.9 Å². The number of nitrogens with one attached hydrogen (secondary N) is 1. The molecule has 0 saturated heterocycles. The van der Waals surface area contributed by atoms with Gasteiger partial charge in [0.15, 0.2) is 0 Å². The van der Waals surface area contributed by atoms with Crippen molar-refractivity contribution in [1.82, 2.24) is 5.32 Å². The molecule has 0 atom stereocenters. The maximum Gasteiger partial charge on any atom is 0.391 e. The van der Waals surface area contributed by atoms with E-state index in [1.165, 1.54) is 12.8 Å². The van der Waals surface area contributed by atoms with Gasteiger partial charge in [-0.15, -0.1) is 0 Å². The van der Waals surface area contributed by atoms with Crippen molar-refractivity contribution in [1.29, 1.82) is 0 Å². The molecule has 0 unspecified atom stereocenters. The van der Waals surface area contributed by atoms with Crippen molar-refractivity contribution in [2.75, 3.05) is 20.2 Å². The van der Waals surface area contributed by atoms with E-state index in [-0.39, 0.29) is 12.2 Å². The number of alkyl halides is 3. The molecular weight excluding hydrogens is 255 g/mol. The minimum Gasteiger partial charge on any atom is -0.373 e. The fourth-order valence-corrected chi connectivity index (χ4v) is 2.98. The lowest BCUT2D eigenvalue weighted by Gasteiger charge is -2.40. The molecule has 1 saturated carbocycles. The fourth-order valence-electron chi connectivity index (χ4n) is 2.98. The molecular formula is C14H26F3NO. The number of hydrogen-bond acceptors (Lipinski definition) is 2. The van der Waals surface area contributed by atoms with E-state index in [2.05, 4.69) is 12.2 Å². The van der Waals surface area contributed by atoms with Crippen LogP contribution in [0.4, 0.5) is 13.2 Å². The van der Waals surface area contributed by atoms with E-state index >= 15 is 0 Å². The van der Waals surface area contributed by atoms with Gasteiger partial charge in [0, 0.05) is 6.54 Å². The zero-order chi connectivity index (χ0) is 14.4. The van der Waals surface area contributed by atoms with Crippen molar-refractivity contribution in [2.24, 2.45) is 5.92 Å². The average molecular weight is 281 g/mol. The van der Waals surface area contributed by atoms with Crippen LogP contribution < -0.4 is 5.32 Å². The highest BCUT2D eigenvalue weighted by Crippen LogP contribution is 2.37. The Hall–Kier alpha value is -0.290. The second kappa shape index (κ2) is 7.48. The molecule has 1 fully saturated rings. The Morgan fingerprint density at radius 2 is 1.89 bits per heavy atom. The SMILES string of the molecule is CCCC1CCC(CNC)(OCCC(F)(F)F)CC1. The van der Waals surface area contributed by atoms with E-state index in [1.807, 2.05) is 7.05 Å². The minimum atomic E-state index is -4.12. The normalized spacial score (nSPS) is 28.6. The van der Waals surface area contributed by atoms with E-state index in [0.717, 1.165) is 31.6 Å². The molecule has 0 spiro atoms. The zero-order valence-corrected chi connectivity index (χ0v) is 12.0. The van der Waals surface area contributed by atoms with Crippen molar-refractivity contribution >= 4 is 0 Å². The molecule has 5 heteroatoms. The Labute approximate surface area is 114 Å². The first-order chi connectivity index (χ1) is 8.91. The Bertz CT molecular complexity index is 248. The van der Waals surface area contributed by atoms with Gasteiger partial charge in [-0.25, -0.2) is 0 Å². The van der Waals surface area contributed by atoms with Gasteiger partial charge >= 0.3 is 6.18 Å². The molecule has 1 rings (SSSR count). The lowest BCUT2D eigenvalue weighted by atomic mass is 9.77. The van der Waals surface area contributed by atoms with Crippen LogP contribution in [0.15, 0.2) is 0 Å². The van der Waals surface area contributed by atoms with Gasteiger partial charge in [-0.3, -0.25) is 0 Å². The smallest absolute Gasteiger partial charge is 0.373 e. The Morgan fingerprint density at radius 3 is 2.37 bits per heavy atom. The highest BCUT2D eigenvalue weighted by atomic mass is 19.4. The lowest BCUT2D eigenvalue weighted by molar-refractivity contribution is -0.163. The summed E-state index contributed by atoms with van der Waals surface area (Å²) in [7, 11) is 1.83. The van der Waals surface area contributed by atoms with Gasteiger partial charge in [0.1, 0.15) is 0 Å². The van der Waals surface area contributed by atoms with Crippen molar-refractivity contribution in [2.45, 2.75) is 63.6 Å². The van der Waals surface area contributed by atoms with Crippen LogP contribution in [-0.2, 0) is 4.74 Å². The summed E-state index contributed by atoms with van der Waals surface area (Å²) in [5.41, 5.74) is -0.385. The van der Waals surface area contributed by atoms with Crippen LogP contribution in [0.2, 0.25) is 0 Å². The van der Waals surface area contributed by atoms with Gasteiger partial charge in [0.25, 0.3) is 0 Å². The molecule has 1 aliphatic carbocycles. The minimum absolute atomic E-state index is 0.219. The molecule has 1 N–H and O–H groups in total. The fraction of sp³-hybridized carbons (Fsp3) is 1.00. The summed E-state index contributed by atoms with van der Waals surface area (Å²) < 4.78 is 42.2.